The molecular weight excluding hydrogens is 298 g/mol. The van der Waals surface area contributed by atoms with Gasteiger partial charge in [0.25, 0.3) is 5.91 Å². The van der Waals surface area contributed by atoms with Gasteiger partial charge < -0.3 is 9.80 Å². The monoisotopic (exact) mass is 323 g/mol. The number of anilines is 1. The molecule has 0 spiro atoms. The molecule has 3 rings (SSSR count). The van der Waals surface area contributed by atoms with Gasteiger partial charge in [-0.05, 0) is 51.5 Å². The topological polar surface area (TPSA) is 36.4 Å². The quantitative estimate of drug-likeness (QED) is 0.849. The molecule has 1 aliphatic heterocycles. The summed E-state index contributed by atoms with van der Waals surface area (Å²) in [6.07, 6.45) is 3.44. The van der Waals surface area contributed by atoms with Crippen molar-refractivity contribution < 1.29 is 4.79 Å². The number of piperazine rings is 1. The Kier molecular flexibility index (Phi) is 4.56. The van der Waals surface area contributed by atoms with Gasteiger partial charge in [0.1, 0.15) is 0 Å². The Balaban J connectivity index is 1.78. The fraction of sp³-hybridized carbons (Fsp3) is 0.400. The lowest BCUT2D eigenvalue weighted by atomic mass is 10.0. The van der Waals surface area contributed by atoms with E-state index in [-0.39, 0.29) is 18.0 Å². The summed E-state index contributed by atoms with van der Waals surface area (Å²) in [5.41, 5.74) is 4.18. The maximum Gasteiger partial charge on any atom is 0.256 e. The molecule has 0 unspecified atom stereocenters. The predicted octanol–water partition coefficient (Wildman–Crippen LogP) is 3.44. The van der Waals surface area contributed by atoms with Gasteiger partial charge >= 0.3 is 0 Å². The first kappa shape index (κ1) is 16.5. The van der Waals surface area contributed by atoms with Crippen molar-refractivity contribution >= 4 is 11.6 Å². The van der Waals surface area contributed by atoms with Crippen molar-refractivity contribution in [2.45, 2.75) is 39.8 Å². The van der Waals surface area contributed by atoms with E-state index >= 15 is 0 Å². The maximum absolute atomic E-state index is 12.9. The second-order valence-electron chi connectivity index (χ2n) is 6.90. The molecule has 2 heterocycles. The largest absolute Gasteiger partial charge is 0.367 e. The van der Waals surface area contributed by atoms with Crippen LogP contribution in [0.3, 0.4) is 0 Å². The lowest BCUT2D eigenvalue weighted by Crippen LogP contribution is -2.58. The normalized spacial score (nSPS) is 21.0. The first-order valence-corrected chi connectivity index (χ1v) is 8.51. The molecular formula is C20H25N3O. The van der Waals surface area contributed by atoms with E-state index in [1.54, 1.807) is 12.4 Å². The van der Waals surface area contributed by atoms with Gasteiger partial charge in [0.15, 0.2) is 0 Å². The van der Waals surface area contributed by atoms with Gasteiger partial charge in [-0.1, -0.05) is 17.7 Å². The average molecular weight is 323 g/mol. The molecule has 1 aromatic heterocycles. The average Bonchev–Trinajstić information content (AvgIpc) is 2.54. The molecule has 4 heteroatoms. The number of amides is 1. The van der Waals surface area contributed by atoms with E-state index in [1.807, 2.05) is 17.9 Å². The molecule has 1 aromatic carbocycles. The van der Waals surface area contributed by atoms with Gasteiger partial charge in [0.2, 0.25) is 0 Å². The number of aromatic nitrogens is 1. The minimum absolute atomic E-state index is 0.0785. The van der Waals surface area contributed by atoms with Crippen molar-refractivity contribution in [3.8, 4) is 0 Å². The van der Waals surface area contributed by atoms with Crippen LogP contribution in [0.5, 0.6) is 0 Å². The molecule has 1 aliphatic rings. The Labute approximate surface area is 144 Å². The van der Waals surface area contributed by atoms with E-state index < -0.39 is 0 Å². The van der Waals surface area contributed by atoms with E-state index in [9.17, 15) is 4.79 Å². The zero-order valence-electron chi connectivity index (χ0n) is 14.9. The van der Waals surface area contributed by atoms with Crippen LogP contribution >= 0.6 is 0 Å². The van der Waals surface area contributed by atoms with Crippen LogP contribution < -0.4 is 4.90 Å². The summed E-state index contributed by atoms with van der Waals surface area (Å²) in [5, 5.41) is 0. The summed E-state index contributed by atoms with van der Waals surface area (Å²) in [7, 11) is 0. The highest BCUT2D eigenvalue weighted by atomic mass is 16.2. The number of rotatable bonds is 2. The molecule has 1 fully saturated rings. The third-order valence-corrected chi connectivity index (χ3v) is 4.67. The summed E-state index contributed by atoms with van der Waals surface area (Å²) in [5.74, 6) is 0.0785. The first-order valence-electron chi connectivity index (χ1n) is 8.51. The molecule has 4 nitrogen and oxygen atoms in total. The predicted molar refractivity (Wildman–Crippen MR) is 97.5 cm³/mol. The van der Waals surface area contributed by atoms with Crippen molar-refractivity contribution in [3.63, 3.8) is 0 Å². The molecule has 1 amide bonds. The molecule has 1 saturated heterocycles. The van der Waals surface area contributed by atoms with Gasteiger partial charge in [0.05, 0.1) is 5.56 Å². The first-order chi connectivity index (χ1) is 11.5. The SMILES string of the molecule is Cc1ccc(N2C[C@@H](C)N(C(=O)c3cncc(C)c3)[C@@H](C)C2)cc1. The molecule has 0 saturated carbocycles. The van der Waals surface area contributed by atoms with Gasteiger partial charge in [-0.3, -0.25) is 9.78 Å². The van der Waals surface area contributed by atoms with Gasteiger partial charge in [-0.15, -0.1) is 0 Å². The summed E-state index contributed by atoms with van der Waals surface area (Å²) >= 11 is 0. The van der Waals surface area contributed by atoms with Gasteiger partial charge in [0, 0.05) is 43.3 Å². The Morgan fingerprint density at radius 2 is 1.62 bits per heavy atom. The van der Waals surface area contributed by atoms with Crippen LogP contribution in [-0.2, 0) is 0 Å². The number of pyridine rings is 1. The van der Waals surface area contributed by atoms with E-state index in [0.29, 0.717) is 5.56 Å². The number of carbonyl (C=O) groups is 1. The third kappa shape index (κ3) is 3.28. The Morgan fingerprint density at radius 3 is 2.21 bits per heavy atom. The van der Waals surface area contributed by atoms with Crippen molar-refractivity contribution in [1.82, 2.24) is 9.88 Å². The molecule has 126 valence electrons. The second kappa shape index (κ2) is 6.63. The molecule has 2 aromatic rings. The van der Waals surface area contributed by atoms with Crippen molar-refractivity contribution in [1.29, 1.82) is 0 Å². The molecule has 0 N–H and O–H groups in total. The maximum atomic E-state index is 12.9. The smallest absolute Gasteiger partial charge is 0.256 e. The van der Waals surface area contributed by atoms with Crippen molar-refractivity contribution in [2.24, 2.45) is 0 Å². The fourth-order valence-corrected chi connectivity index (χ4v) is 3.51. The van der Waals surface area contributed by atoms with E-state index in [4.69, 9.17) is 0 Å². The van der Waals surface area contributed by atoms with Crippen LogP contribution in [0.4, 0.5) is 5.69 Å². The van der Waals surface area contributed by atoms with Crippen molar-refractivity contribution in [3.05, 3.63) is 59.4 Å². The number of hydrogen-bond donors (Lipinski definition) is 0. The fourth-order valence-electron chi connectivity index (χ4n) is 3.51. The number of nitrogens with zero attached hydrogens (tertiary/aromatic N) is 3. The van der Waals surface area contributed by atoms with Gasteiger partial charge in [-0.25, -0.2) is 0 Å². The highest BCUT2D eigenvalue weighted by molar-refractivity contribution is 5.94. The molecule has 0 bridgehead atoms. The minimum Gasteiger partial charge on any atom is -0.367 e. The molecule has 0 aliphatic carbocycles. The van der Waals surface area contributed by atoms with E-state index in [0.717, 1.165) is 18.7 Å². The van der Waals surface area contributed by atoms with E-state index in [2.05, 4.69) is 54.9 Å². The lowest BCUT2D eigenvalue weighted by molar-refractivity contribution is 0.0574. The zero-order valence-corrected chi connectivity index (χ0v) is 14.9. The highest BCUT2D eigenvalue weighted by Gasteiger charge is 2.33. The third-order valence-electron chi connectivity index (χ3n) is 4.67. The summed E-state index contributed by atoms with van der Waals surface area (Å²) in [6, 6.07) is 10.8. The summed E-state index contributed by atoms with van der Waals surface area (Å²) in [6.45, 7) is 10.0. The molecule has 0 radical (unpaired) electrons. The Bertz CT molecular complexity index is 714. The van der Waals surface area contributed by atoms with E-state index in [1.165, 1.54) is 11.3 Å². The lowest BCUT2D eigenvalue weighted by Gasteiger charge is -2.45. The second-order valence-corrected chi connectivity index (χ2v) is 6.90. The van der Waals surface area contributed by atoms with Crippen LogP contribution in [-0.4, -0.2) is 41.0 Å². The molecule has 2 atom stereocenters. The highest BCUT2D eigenvalue weighted by Crippen LogP contribution is 2.24. The van der Waals surface area contributed by atoms with Crippen LogP contribution in [0.15, 0.2) is 42.7 Å². The van der Waals surface area contributed by atoms with Crippen LogP contribution in [0.1, 0.15) is 35.3 Å². The number of carbonyl (C=O) groups excluding carboxylic acids is 1. The molecule has 24 heavy (non-hydrogen) atoms. The number of aryl methyl sites for hydroxylation is 2. The van der Waals surface area contributed by atoms with Crippen LogP contribution in [0, 0.1) is 13.8 Å². The Hall–Kier alpha value is -2.36. The van der Waals surface area contributed by atoms with Crippen LogP contribution in [0.25, 0.3) is 0 Å². The number of hydrogen-bond acceptors (Lipinski definition) is 3. The zero-order chi connectivity index (χ0) is 17.3. The summed E-state index contributed by atoms with van der Waals surface area (Å²) in [4.78, 5) is 21.5. The van der Waals surface area contributed by atoms with Crippen LogP contribution in [0.2, 0.25) is 0 Å². The number of benzene rings is 1. The van der Waals surface area contributed by atoms with Crippen molar-refractivity contribution in [2.75, 3.05) is 18.0 Å². The standard InChI is InChI=1S/C20H25N3O/c1-14-5-7-19(8-6-14)22-12-16(3)23(17(4)13-22)20(24)18-9-15(2)10-21-11-18/h5-11,16-17H,12-13H2,1-4H3/t16-,17+. The Morgan fingerprint density at radius 1 is 1.00 bits per heavy atom. The van der Waals surface area contributed by atoms with Gasteiger partial charge in [-0.2, -0.15) is 0 Å². The summed E-state index contributed by atoms with van der Waals surface area (Å²) < 4.78 is 0. The minimum atomic E-state index is 0.0785.